The molecule has 8 heteroatoms. The van der Waals surface area contributed by atoms with E-state index < -0.39 is 18.5 Å². The highest BCUT2D eigenvalue weighted by molar-refractivity contribution is 5.94. The molecule has 1 aromatic carbocycles. The molecule has 2 rings (SSSR count). The molecule has 0 aliphatic rings. The smallest absolute Gasteiger partial charge is 0.338 e. The van der Waals surface area contributed by atoms with Crippen molar-refractivity contribution >= 4 is 22.9 Å². The summed E-state index contributed by atoms with van der Waals surface area (Å²) in [6.07, 6.45) is 0.189. The number of carbonyl (C=O) groups is 2. The third-order valence-corrected chi connectivity index (χ3v) is 3.55. The molecular formula is C17H18N4O4. The van der Waals surface area contributed by atoms with Crippen molar-refractivity contribution in [3.05, 3.63) is 39.8 Å². The molecule has 1 aromatic heterocycles. The highest BCUT2D eigenvalue weighted by Gasteiger charge is 2.13. The number of hydrogen-bond donors (Lipinski definition) is 1. The summed E-state index contributed by atoms with van der Waals surface area (Å²) in [5.74, 6) is -1.13. The zero-order valence-corrected chi connectivity index (χ0v) is 14.0. The monoisotopic (exact) mass is 342 g/mol. The Balaban J connectivity index is 2.15. The van der Waals surface area contributed by atoms with Gasteiger partial charge in [0.2, 0.25) is 0 Å². The molecule has 1 heterocycles. The number of aromatic nitrogens is 2. The second-order valence-corrected chi connectivity index (χ2v) is 5.28. The Morgan fingerprint density at radius 1 is 1.40 bits per heavy atom. The topological polar surface area (TPSA) is 114 Å². The molecule has 2 aromatic rings. The lowest BCUT2D eigenvalue weighted by Gasteiger charge is -2.10. The molecule has 0 saturated heterocycles. The molecule has 0 atom stereocenters. The van der Waals surface area contributed by atoms with E-state index >= 15 is 0 Å². The fourth-order valence-electron chi connectivity index (χ4n) is 2.34. The first-order valence-corrected chi connectivity index (χ1v) is 7.80. The van der Waals surface area contributed by atoms with Gasteiger partial charge in [0.05, 0.1) is 29.1 Å². The van der Waals surface area contributed by atoms with Crippen LogP contribution in [0.1, 0.15) is 29.4 Å². The van der Waals surface area contributed by atoms with Crippen molar-refractivity contribution < 1.29 is 14.3 Å². The summed E-state index contributed by atoms with van der Waals surface area (Å²) in [7, 11) is 0. The van der Waals surface area contributed by atoms with E-state index in [4.69, 9.17) is 10.00 Å². The number of nitrogens with zero attached hydrogens (tertiary/aromatic N) is 3. The van der Waals surface area contributed by atoms with Crippen LogP contribution in [0.25, 0.3) is 11.0 Å². The predicted molar refractivity (Wildman–Crippen MR) is 89.9 cm³/mol. The molecule has 0 aliphatic carbocycles. The summed E-state index contributed by atoms with van der Waals surface area (Å²) >= 11 is 0. The number of esters is 1. The number of hydrogen-bond acceptors (Lipinski definition) is 6. The van der Waals surface area contributed by atoms with Gasteiger partial charge < -0.3 is 14.6 Å². The maximum Gasteiger partial charge on any atom is 0.338 e. The van der Waals surface area contributed by atoms with E-state index in [0.29, 0.717) is 23.3 Å². The highest BCUT2D eigenvalue weighted by Crippen LogP contribution is 2.14. The van der Waals surface area contributed by atoms with Crippen LogP contribution < -0.4 is 10.9 Å². The third-order valence-electron chi connectivity index (χ3n) is 3.55. The van der Waals surface area contributed by atoms with Crippen LogP contribution in [0, 0.1) is 18.3 Å². The first-order valence-electron chi connectivity index (χ1n) is 7.80. The second kappa shape index (κ2) is 8.06. The molecule has 0 unspecified atom stereocenters. The standard InChI is InChI=1S/C17H18N4O4/c1-3-21-14-6-5-12(9-13(14)20-11(2)16(21)23)17(24)25-10-15(22)19-8-4-7-18/h5-6,9H,3-4,8,10H2,1-2H3,(H,19,22). The van der Waals surface area contributed by atoms with Crippen LogP contribution in [0.3, 0.4) is 0 Å². The molecule has 1 amide bonds. The number of amides is 1. The van der Waals surface area contributed by atoms with Crippen LogP contribution in [0.4, 0.5) is 0 Å². The predicted octanol–water partition coefficient (Wildman–Crippen LogP) is 0.911. The van der Waals surface area contributed by atoms with Crippen molar-refractivity contribution in [1.29, 1.82) is 5.26 Å². The van der Waals surface area contributed by atoms with E-state index in [1.807, 2.05) is 13.0 Å². The molecule has 0 fully saturated rings. The first-order chi connectivity index (χ1) is 12.0. The van der Waals surface area contributed by atoms with Crippen molar-refractivity contribution in [2.45, 2.75) is 26.8 Å². The van der Waals surface area contributed by atoms with E-state index in [9.17, 15) is 14.4 Å². The summed E-state index contributed by atoms with van der Waals surface area (Å²) in [6.45, 7) is 3.74. The molecule has 0 saturated carbocycles. The van der Waals surface area contributed by atoms with Crippen molar-refractivity contribution in [3.8, 4) is 6.07 Å². The van der Waals surface area contributed by atoms with Crippen LogP contribution in [0.5, 0.6) is 0 Å². The molecule has 0 radical (unpaired) electrons. The first kappa shape index (κ1) is 18.1. The van der Waals surface area contributed by atoms with E-state index in [0.717, 1.165) is 0 Å². The third kappa shape index (κ3) is 4.20. The van der Waals surface area contributed by atoms with Crippen LogP contribution in [0.2, 0.25) is 0 Å². The van der Waals surface area contributed by atoms with Gasteiger partial charge in [-0.15, -0.1) is 0 Å². The van der Waals surface area contributed by atoms with Gasteiger partial charge in [0, 0.05) is 13.1 Å². The van der Waals surface area contributed by atoms with Crippen LogP contribution in [0.15, 0.2) is 23.0 Å². The average molecular weight is 342 g/mol. The Kier molecular flexibility index (Phi) is 5.84. The summed E-state index contributed by atoms with van der Waals surface area (Å²) < 4.78 is 6.53. The van der Waals surface area contributed by atoms with Crippen LogP contribution in [-0.2, 0) is 16.1 Å². The van der Waals surface area contributed by atoms with Gasteiger partial charge >= 0.3 is 5.97 Å². The van der Waals surface area contributed by atoms with Gasteiger partial charge in [0.25, 0.3) is 11.5 Å². The van der Waals surface area contributed by atoms with E-state index in [2.05, 4.69) is 10.3 Å². The quantitative estimate of drug-likeness (QED) is 0.616. The van der Waals surface area contributed by atoms with Gasteiger partial charge in [-0.3, -0.25) is 9.59 Å². The minimum Gasteiger partial charge on any atom is -0.452 e. The van der Waals surface area contributed by atoms with E-state index in [1.165, 1.54) is 12.1 Å². The van der Waals surface area contributed by atoms with Gasteiger partial charge in [0.1, 0.15) is 5.69 Å². The van der Waals surface area contributed by atoms with Crippen LogP contribution in [-0.4, -0.2) is 34.6 Å². The molecule has 0 aliphatic heterocycles. The largest absolute Gasteiger partial charge is 0.452 e. The Hall–Kier alpha value is -3.21. The van der Waals surface area contributed by atoms with Gasteiger partial charge in [-0.1, -0.05) is 0 Å². The Labute approximate surface area is 144 Å². The number of aryl methyl sites for hydroxylation is 2. The Morgan fingerprint density at radius 2 is 2.16 bits per heavy atom. The van der Waals surface area contributed by atoms with Crippen molar-refractivity contribution in [1.82, 2.24) is 14.9 Å². The SMILES string of the molecule is CCn1c(=O)c(C)nc2cc(C(=O)OCC(=O)NCCC#N)ccc21. The fraction of sp³-hybridized carbons (Fsp3) is 0.353. The zero-order chi connectivity index (χ0) is 18.4. The fourth-order valence-corrected chi connectivity index (χ4v) is 2.34. The molecule has 130 valence electrons. The zero-order valence-electron chi connectivity index (χ0n) is 14.0. The normalized spacial score (nSPS) is 10.3. The molecule has 25 heavy (non-hydrogen) atoms. The number of ether oxygens (including phenoxy) is 1. The number of rotatable bonds is 6. The number of nitriles is 1. The van der Waals surface area contributed by atoms with Gasteiger partial charge in [-0.05, 0) is 32.0 Å². The van der Waals surface area contributed by atoms with Crippen molar-refractivity contribution in [3.63, 3.8) is 0 Å². The van der Waals surface area contributed by atoms with Gasteiger partial charge in [-0.2, -0.15) is 5.26 Å². The average Bonchev–Trinajstić information content (AvgIpc) is 2.60. The number of nitrogens with one attached hydrogen (secondary N) is 1. The molecular weight excluding hydrogens is 324 g/mol. The van der Waals surface area contributed by atoms with Crippen molar-refractivity contribution in [2.75, 3.05) is 13.2 Å². The lowest BCUT2D eigenvalue weighted by Crippen LogP contribution is -2.29. The Morgan fingerprint density at radius 3 is 2.84 bits per heavy atom. The minimum absolute atomic E-state index is 0.167. The van der Waals surface area contributed by atoms with E-state index in [-0.39, 0.29) is 24.1 Å². The number of carbonyl (C=O) groups excluding carboxylic acids is 2. The summed E-state index contributed by atoms with van der Waals surface area (Å²) in [6, 6.07) is 6.59. The lowest BCUT2D eigenvalue weighted by atomic mass is 10.2. The van der Waals surface area contributed by atoms with Crippen molar-refractivity contribution in [2.24, 2.45) is 0 Å². The highest BCUT2D eigenvalue weighted by atomic mass is 16.5. The second-order valence-electron chi connectivity index (χ2n) is 5.28. The summed E-state index contributed by atoms with van der Waals surface area (Å²) in [4.78, 5) is 39.8. The van der Waals surface area contributed by atoms with Crippen LogP contribution >= 0.6 is 0 Å². The molecule has 8 nitrogen and oxygen atoms in total. The summed E-state index contributed by atoms with van der Waals surface area (Å²) in [5, 5.41) is 10.9. The molecule has 0 spiro atoms. The lowest BCUT2D eigenvalue weighted by molar-refractivity contribution is -0.124. The maximum atomic E-state index is 12.1. The number of fused-ring (bicyclic) bond motifs is 1. The number of benzene rings is 1. The Bertz CT molecular complexity index is 911. The summed E-state index contributed by atoms with van der Waals surface area (Å²) in [5.41, 5.74) is 1.55. The maximum absolute atomic E-state index is 12.1. The van der Waals surface area contributed by atoms with Gasteiger partial charge in [0.15, 0.2) is 6.61 Å². The van der Waals surface area contributed by atoms with E-state index in [1.54, 1.807) is 17.6 Å². The molecule has 1 N–H and O–H groups in total. The van der Waals surface area contributed by atoms with Gasteiger partial charge in [-0.25, -0.2) is 9.78 Å². The molecule has 0 bridgehead atoms. The minimum atomic E-state index is -0.661.